The summed E-state index contributed by atoms with van der Waals surface area (Å²) in [6, 6.07) is 10.5. The molecule has 1 aromatic carbocycles. The number of carbonyl (C=O) groups is 1. The fraction of sp³-hybridized carbons (Fsp3) is 0.611. The number of likely N-dealkylation sites (tertiary alicyclic amines) is 1. The lowest BCUT2D eigenvalue weighted by atomic mass is 9.85. The van der Waals surface area contributed by atoms with Crippen LogP contribution < -0.4 is 0 Å². The van der Waals surface area contributed by atoms with Gasteiger partial charge in [0.05, 0.1) is 5.92 Å². The predicted molar refractivity (Wildman–Crippen MR) is 84.8 cm³/mol. The largest absolute Gasteiger partial charge is 0.461 e. The molecule has 0 aliphatic carbocycles. The second kappa shape index (κ2) is 7.60. The van der Waals surface area contributed by atoms with E-state index < -0.39 is 0 Å². The molecule has 1 aliphatic heterocycles. The molecule has 0 saturated carbocycles. The third-order valence-electron chi connectivity index (χ3n) is 4.61. The van der Waals surface area contributed by atoms with Gasteiger partial charge >= 0.3 is 5.97 Å². The fourth-order valence-electron chi connectivity index (χ4n) is 2.99. The quantitative estimate of drug-likeness (QED) is 0.777. The Morgan fingerprint density at radius 3 is 2.38 bits per heavy atom. The first-order chi connectivity index (χ1) is 10.1. The molecule has 0 spiro atoms. The van der Waals surface area contributed by atoms with Gasteiger partial charge in [-0.3, -0.25) is 4.79 Å². The van der Waals surface area contributed by atoms with E-state index in [0.717, 1.165) is 31.5 Å². The van der Waals surface area contributed by atoms with Crippen LogP contribution in [-0.4, -0.2) is 30.0 Å². The van der Waals surface area contributed by atoms with Crippen LogP contribution in [0.3, 0.4) is 0 Å². The summed E-state index contributed by atoms with van der Waals surface area (Å²) in [5, 5.41) is 0. The molecule has 3 nitrogen and oxygen atoms in total. The van der Waals surface area contributed by atoms with Crippen molar-refractivity contribution < 1.29 is 9.53 Å². The van der Waals surface area contributed by atoms with Gasteiger partial charge in [-0.25, -0.2) is 0 Å². The molecule has 21 heavy (non-hydrogen) atoms. The van der Waals surface area contributed by atoms with Gasteiger partial charge in [-0.05, 0) is 51.3 Å². The summed E-state index contributed by atoms with van der Waals surface area (Å²) >= 11 is 0. The van der Waals surface area contributed by atoms with Crippen molar-refractivity contribution in [3.63, 3.8) is 0 Å². The minimum absolute atomic E-state index is 0.00280. The smallest absolute Gasteiger partial charge is 0.309 e. The Labute approximate surface area is 128 Å². The number of ether oxygens (including phenoxy) is 1. The van der Waals surface area contributed by atoms with E-state index >= 15 is 0 Å². The van der Waals surface area contributed by atoms with Gasteiger partial charge in [0.15, 0.2) is 0 Å². The van der Waals surface area contributed by atoms with E-state index in [2.05, 4.69) is 18.7 Å². The minimum Gasteiger partial charge on any atom is -0.461 e. The molecule has 1 saturated heterocycles. The molecule has 3 heteroatoms. The molecule has 1 aliphatic rings. The van der Waals surface area contributed by atoms with Crippen LogP contribution in [-0.2, 0) is 16.1 Å². The fourth-order valence-corrected chi connectivity index (χ4v) is 2.99. The van der Waals surface area contributed by atoms with Crippen molar-refractivity contribution in [3.05, 3.63) is 35.9 Å². The van der Waals surface area contributed by atoms with Crippen LogP contribution in [0.4, 0.5) is 0 Å². The molecule has 1 aromatic rings. The maximum atomic E-state index is 12.2. The van der Waals surface area contributed by atoms with E-state index in [1.54, 1.807) is 0 Å². The number of hydrogen-bond donors (Lipinski definition) is 0. The average molecular weight is 289 g/mol. The molecule has 116 valence electrons. The van der Waals surface area contributed by atoms with Crippen LogP contribution >= 0.6 is 0 Å². The number of hydrogen-bond acceptors (Lipinski definition) is 3. The van der Waals surface area contributed by atoms with E-state index in [-0.39, 0.29) is 11.9 Å². The molecule has 0 N–H and O–H groups in total. The van der Waals surface area contributed by atoms with Crippen molar-refractivity contribution in [1.29, 1.82) is 0 Å². The van der Waals surface area contributed by atoms with E-state index in [4.69, 9.17) is 4.74 Å². The van der Waals surface area contributed by atoms with Crippen LogP contribution in [0.2, 0.25) is 0 Å². The number of benzene rings is 1. The highest BCUT2D eigenvalue weighted by molar-refractivity contribution is 5.72. The Morgan fingerprint density at radius 1 is 1.19 bits per heavy atom. The number of rotatable bonds is 5. The summed E-state index contributed by atoms with van der Waals surface area (Å²) in [7, 11) is 0. The summed E-state index contributed by atoms with van der Waals surface area (Å²) < 4.78 is 5.46. The van der Waals surface area contributed by atoms with Gasteiger partial charge in [-0.2, -0.15) is 0 Å². The van der Waals surface area contributed by atoms with E-state index in [1.165, 1.54) is 0 Å². The highest BCUT2D eigenvalue weighted by Crippen LogP contribution is 2.27. The van der Waals surface area contributed by atoms with E-state index in [9.17, 15) is 4.79 Å². The second-order valence-corrected chi connectivity index (χ2v) is 6.35. The molecule has 1 unspecified atom stereocenters. The number of esters is 1. The van der Waals surface area contributed by atoms with Crippen molar-refractivity contribution in [3.8, 4) is 0 Å². The predicted octanol–water partition coefficient (Wildman–Crippen LogP) is 3.49. The summed E-state index contributed by atoms with van der Waals surface area (Å²) in [6.45, 7) is 9.06. The second-order valence-electron chi connectivity index (χ2n) is 6.35. The van der Waals surface area contributed by atoms with Crippen molar-refractivity contribution >= 4 is 5.97 Å². The number of carbonyl (C=O) groups excluding carboxylic acids is 1. The molecule has 1 heterocycles. The van der Waals surface area contributed by atoms with Crippen LogP contribution in [0.5, 0.6) is 0 Å². The topological polar surface area (TPSA) is 29.5 Å². The summed E-state index contributed by atoms with van der Waals surface area (Å²) in [6.07, 6.45) is 2.19. The molecule has 0 amide bonds. The van der Waals surface area contributed by atoms with Crippen LogP contribution in [0, 0.1) is 11.8 Å². The van der Waals surface area contributed by atoms with Gasteiger partial charge < -0.3 is 9.64 Å². The maximum Gasteiger partial charge on any atom is 0.309 e. The van der Waals surface area contributed by atoms with Crippen molar-refractivity contribution in [2.45, 2.75) is 46.3 Å². The number of piperidine rings is 1. The number of nitrogens with zero attached hydrogens (tertiary/aromatic N) is 1. The zero-order valence-corrected chi connectivity index (χ0v) is 13.4. The van der Waals surface area contributed by atoms with Crippen molar-refractivity contribution in [2.75, 3.05) is 13.1 Å². The zero-order chi connectivity index (χ0) is 15.2. The van der Waals surface area contributed by atoms with Gasteiger partial charge in [0, 0.05) is 6.04 Å². The Bertz CT molecular complexity index is 436. The lowest BCUT2D eigenvalue weighted by Crippen LogP contribution is -2.41. The van der Waals surface area contributed by atoms with E-state index in [0.29, 0.717) is 18.6 Å². The van der Waals surface area contributed by atoms with Gasteiger partial charge in [-0.1, -0.05) is 37.3 Å². The molecule has 0 radical (unpaired) electrons. The Hall–Kier alpha value is -1.35. The molecule has 0 aromatic heterocycles. The summed E-state index contributed by atoms with van der Waals surface area (Å²) in [4.78, 5) is 14.7. The Balaban J connectivity index is 1.78. The first-order valence-electron chi connectivity index (χ1n) is 8.02. The standard InChI is InChI=1S/C18H27NO2/c1-14(2)19-11-9-17(10-12-19)15(3)18(20)21-13-16-7-5-4-6-8-16/h4-8,14-15,17H,9-13H2,1-3H3. The molecule has 1 atom stereocenters. The third-order valence-corrected chi connectivity index (χ3v) is 4.61. The monoisotopic (exact) mass is 289 g/mol. The minimum atomic E-state index is -0.0538. The Morgan fingerprint density at radius 2 is 1.81 bits per heavy atom. The molecular formula is C18H27NO2. The molecule has 2 rings (SSSR count). The summed E-state index contributed by atoms with van der Waals surface area (Å²) in [5.41, 5.74) is 1.05. The lowest BCUT2D eigenvalue weighted by molar-refractivity contribution is -0.151. The zero-order valence-electron chi connectivity index (χ0n) is 13.4. The normalized spacial score (nSPS) is 18.7. The van der Waals surface area contributed by atoms with Crippen molar-refractivity contribution in [2.24, 2.45) is 11.8 Å². The Kier molecular flexibility index (Phi) is 5.80. The van der Waals surface area contributed by atoms with Crippen molar-refractivity contribution in [1.82, 2.24) is 4.90 Å². The van der Waals surface area contributed by atoms with Crippen LogP contribution in [0.1, 0.15) is 39.2 Å². The molecule has 0 bridgehead atoms. The first kappa shape index (κ1) is 16.0. The van der Waals surface area contributed by atoms with Gasteiger partial charge in [-0.15, -0.1) is 0 Å². The summed E-state index contributed by atoms with van der Waals surface area (Å²) in [5.74, 6) is 0.410. The van der Waals surface area contributed by atoms with Gasteiger partial charge in [0.25, 0.3) is 0 Å². The highest BCUT2D eigenvalue weighted by Gasteiger charge is 2.29. The van der Waals surface area contributed by atoms with Crippen LogP contribution in [0.15, 0.2) is 30.3 Å². The van der Waals surface area contributed by atoms with E-state index in [1.807, 2.05) is 37.3 Å². The van der Waals surface area contributed by atoms with Crippen LogP contribution in [0.25, 0.3) is 0 Å². The SMILES string of the molecule is CC(C(=O)OCc1ccccc1)C1CCN(C(C)C)CC1. The average Bonchev–Trinajstić information content (AvgIpc) is 2.53. The lowest BCUT2D eigenvalue weighted by Gasteiger charge is -2.36. The first-order valence-corrected chi connectivity index (χ1v) is 8.02. The molecule has 1 fully saturated rings. The van der Waals surface area contributed by atoms with Gasteiger partial charge in [0.2, 0.25) is 0 Å². The molecular weight excluding hydrogens is 262 g/mol. The highest BCUT2D eigenvalue weighted by atomic mass is 16.5. The third kappa shape index (κ3) is 4.57. The van der Waals surface area contributed by atoms with Gasteiger partial charge in [0.1, 0.15) is 6.61 Å². The maximum absolute atomic E-state index is 12.2.